The van der Waals surface area contributed by atoms with E-state index in [0.717, 1.165) is 24.5 Å². The molecule has 1 rings (SSSR count). The van der Waals surface area contributed by atoms with Crippen LogP contribution in [0.15, 0.2) is 12.3 Å². The number of hydrogen-bond acceptors (Lipinski definition) is 4. The lowest BCUT2D eigenvalue weighted by Crippen LogP contribution is -2.28. The number of aromatic nitrogens is 1. The van der Waals surface area contributed by atoms with Crippen molar-refractivity contribution in [2.24, 2.45) is 0 Å². The molecule has 1 heterocycles. The van der Waals surface area contributed by atoms with Crippen molar-refractivity contribution in [3.8, 4) is 0 Å². The van der Waals surface area contributed by atoms with Crippen molar-refractivity contribution in [2.75, 3.05) is 31.7 Å². The number of ether oxygens (including phenoxy) is 1. The number of methoxy groups -OCH3 is 1. The fraction of sp³-hybridized carbons (Fsp3) is 0.545. The van der Waals surface area contributed by atoms with Gasteiger partial charge in [0.2, 0.25) is 0 Å². The highest BCUT2D eigenvalue weighted by Crippen LogP contribution is 2.23. The second-order valence-corrected chi connectivity index (χ2v) is 3.79. The van der Waals surface area contributed by atoms with Crippen LogP contribution >= 0.6 is 11.6 Å². The van der Waals surface area contributed by atoms with E-state index in [1.807, 2.05) is 11.8 Å². The van der Waals surface area contributed by atoms with Gasteiger partial charge >= 0.3 is 0 Å². The predicted molar refractivity (Wildman–Crippen MR) is 64.9 cm³/mol. The average molecular weight is 245 g/mol. The van der Waals surface area contributed by atoms with Crippen LogP contribution < -0.4 is 4.90 Å². The fourth-order valence-corrected chi connectivity index (χ4v) is 1.71. The van der Waals surface area contributed by atoms with Crippen molar-refractivity contribution in [2.45, 2.75) is 13.5 Å². The summed E-state index contributed by atoms with van der Waals surface area (Å²) in [5.74, 6) is 0.735. The smallest absolute Gasteiger partial charge is 0.147 e. The number of hydrogen-bond donors (Lipinski definition) is 1. The maximum atomic E-state index is 8.96. The summed E-state index contributed by atoms with van der Waals surface area (Å²) in [6.07, 6.45) is 1.64. The Morgan fingerprint density at radius 1 is 1.56 bits per heavy atom. The average Bonchev–Trinajstić information content (AvgIpc) is 2.31. The Morgan fingerprint density at radius 3 is 2.81 bits per heavy atom. The number of halogens is 1. The molecule has 0 amide bonds. The molecule has 1 aromatic rings. The van der Waals surface area contributed by atoms with E-state index < -0.39 is 0 Å². The first kappa shape index (κ1) is 13.2. The number of pyridine rings is 1. The first-order valence-corrected chi connectivity index (χ1v) is 5.59. The summed E-state index contributed by atoms with van der Waals surface area (Å²) >= 11 is 6.10. The molecule has 0 spiro atoms. The number of nitrogens with zero attached hydrogens (tertiary/aromatic N) is 2. The van der Waals surface area contributed by atoms with Gasteiger partial charge in [0.25, 0.3) is 0 Å². The third-order valence-electron chi connectivity index (χ3n) is 2.31. The molecule has 0 saturated carbocycles. The van der Waals surface area contributed by atoms with Gasteiger partial charge in [-0.3, -0.25) is 0 Å². The fourth-order valence-electron chi connectivity index (χ4n) is 1.40. The van der Waals surface area contributed by atoms with Crippen LogP contribution in [0.1, 0.15) is 12.5 Å². The van der Waals surface area contributed by atoms with Gasteiger partial charge in [-0.05, 0) is 18.6 Å². The lowest BCUT2D eigenvalue weighted by Gasteiger charge is -2.22. The second-order valence-electron chi connectivity index (χ2n) is 3.38. The Balaban J connectivity index is 2.83. The Bertz CT molecular complexity index is 334. The van der Waals surface area contributed by atoms with Crippen molar-refractivity contribution in [1.82, 2.24) is 4.98 Å². The molecule has 0 bridgehead atoms. The van der Waals surface area contributed by atoms with Crippen LogP contribution in [0, 0.1) is 0 Å². The first-order chi connectivity index (χ1) is 7.72. The van der Waals surface area contributed by atoms with Gasteiger partial charge in [0.1, 0.15) is 5.82 Å². The minimum Gasteiger partial charge on any atom is -0.392 e. The number of rotatable bonds is 6. The van der Waals surface area contributed by atoms with E-state index in [4.69, 9.17) is 21.4 Å². The highest BCUT2D eigenvalue weighted by atomic mass is 35.5. The number of aliphatic hydroxyl groups excluding tert-OH is 1. The van der Waals surface area contributed by atoms with E-state index in [-0.39, 0.29) is 6.61 Å². The quantitative estimate of drug-likeness (QED) is 0.828. The van der Waals surface area contributed by atoms with Gasteiger partial charge in [-0.2, -0.15) is 0 Å². The largest absolute Gasteiger partial charge is 0.392 e. The molecule has 0 unspecified atom stereocenters. The Kier molecular flexibility index (Phi) is 5.52. The summed E-state index contributed by atoms with van der Waals surface area (Å²) < 4.78 is 5.03. The lowest BCUT2D eigenvalue weighted by molar-refractivity contribution is 0.205. The van der Waals surface area contributed by atoms with Crippen LogP contribution in [0.4, 0.5) is 5.82 Å². The third kappa shape index (κ3) is 3.33. The van der Waals surface area contributed by atoms with Gasteiger partial charge in [-0.1, -0.05) is 11.6 Å². The van der Waals surface area contributed by atoms with E-state index in [1.54, 1.807) is 19.4 Å². The lowest BCUT2D eigenvalue weighted by atomic mass is 10.3. The zero-order valence-electron chi connectivity index (χ0n) is 9.61. The maximum absolute atomic E-state index is 8.96. The third-order valence-corrected chi connectivity index (χ3v) is 2.59. The molecule has 0 atom stereocenters. The predicted octanol–water partition coefficient (Wildman–Crippen LogP) is 1.70. The van der Waals surface area contributed by atoms with Gasteiger partial charge in [-0.25, -0.2) is 4.98 Å². The summed E-state index contributed by atoms with van der Waals surface area (Å²) in [6.45, 7) is 4.19. The van der Waals surface area contributed by atoms with Crippen LogP contribution in [-0.2, 0) is 11.3 Å². The number of likely N-dealkylation sites (N-methyl/N-ethyl adjacent to an activating group) is 1. The summed E-state index contributed by atoms with van der Waals surface area (Å²) in [5, 5.41) is 9.52. The molecule has 4 nitrogen and oxygen atoms in total. The topological polar surface area (TPSA) is 45.6 Å². The SMILES string of the molecule is CCN(CCOC)c1ncc(CO)cc1Cl. The summed E-state index contributed by atoms with van der Waals surface area (Å²) in [4.78, 5) is 6.29. The standard InChI is InChI=1S/C11H17ClN2O2/c1-3-14(4-5-16-2)11-10(12)6-9(8-15)7-13-11/h6-7,15H,3-5,8H2,1-2H3. The number of aliphatic hydroxyl groups is 1. The molecule has 0 fully saturated rings. The molecular formula is C11H17ClN2O2. The van der Waals surface area contributed by atoms with Gasteiger partial charge in [0.15, 0.2) is 0 Å². The molecule has 0 aromatic carbocycles. The van der Waals surface area contributed by atoms with Crippen molar-refractivity contribution >= 4 is 17.4 Å². The molecular weight excluding hydrogens is 228 g/mol. The zero-order chi connectivity index (χ0) is 12.0. The molecule has 5 heteroatoms. The molecule has 90 valence electrons. The van der Waals surface area contributed by atoms with E-state index in [0.29, 0.717) is 11.6 Å². The summed E-state index contributed by atoms with van der Waals surface area (Å²) in [7, 11) is 1.66. The van der Waals surface area contributed by atoms with E-state index in [1.165, 1.54) is 0 Å². The molecule has 0 radical (unpaired) electrons. The summed E-state index contributed by atoms with van der Waals surface area (Å²) in [5.41, 5.74) is 0.719. The molecule has 0 aliphatic heterocycles. The first-order valence-electron chi connectivity index (χ1n) is 5.22. The van der Waals surface area contributed by atoms with Crippen molar-refractivity contribution < 1.29 is 9.84 Å². The highest BCUT2D eigenvalue weighted by molar-refractivity contribution is 6.33. The van der Waals surface area contributed by atoms with E-state index in [9.17, 15) is 0 Å². The van der Waals surface area contributed by atoms with Crippen molar-refractivity contribution in [3.63, 3.8) is 0 Å². The van der Waals surface area contributed by atoms with Crippen LogP contribution in [0.2, 0.25) is 5.02 Å². The molecule has 1 aromatic heterocycles. The molecule has 1 N–H and O–H groups in total. The molecule has 0 saturated heterocycles. The zero-order valence-corrected chi connectivity index (χ0v) is 10.4. The van der Waals surface area contributed by atoms with Crippen LogP contribution in [0.25, 0.3) is 0 Å². The summed E-state index contributed by atoms with van der Waals surface area (Å²) in [6, 6.07) is 1.74. The van der Waals surface area contributed by atoms with Crippen LogP contribution in [0.3, 0.4) is 0 Å². The molecule has 16 heavy (non-hydrogen) atoms. The van der Waals surface area contributed by atoms with E-state index in [2.05, 4.69) is 4.98 Å². The van der Waals surface area contributed by atoms with Gasteiger partial charge in [0.05, 0.1) is 18.2 Å². The monoisotopic (exact) mass is 244 g/mol. The minimum absolute atomic E-state index is 0.0444. The van der Waals surface area contributed by atoms with Crippen LogP contribution in [-0.4, -0.2) is 36.9 Å². The maximum Gasteiger partial charge on any atom is 0.147 e. The number of anilines is 1. The molecule has 0 aliphatic carbocycles. The van der Waals surface area contributed by atoms with Gasteiger partial charge in [0, 0.05) is 26.4 Å². The van der Waals surface area contributed by atoms with Gasteiger partial charge in [-0.15, -0.1) is 0 Å². The Morgan fingerprint density at radius 2 is 2.31 bits per heavy atom. The molecule has 0 aliphatic rings. The van der Waals surface area contributed by atoms with Gasteiger partial charge < -0.3 is 14.7 Å². The Labute approximate surface area is 101 Å². The van der Waals surface area contributed by atoms with Crippen LogP contribution in [0.5, 0.6) is 0 Å². The van der Waals surface area contributed by atoms with Crippen molar-refractivity contribution in [1.29, 1.82) is 0 Å². The Hall–Kier alpha value is -0.840. The normalized spacial score (nSPS) is 10.5. The van der Waals surface area contributed by atoms with E-state index >= 15 is 0 Å². The minimum atomic E-state index is -0.0444. The van der Waals surface area contributed by atoms with Crippen molar-refractivity contribution in [3.05, 3.63) is 22.8 Å². The highest BCUT2D eigenvalue weighted by Gasteiger charge is 2.10. The second kappa shape index (κ2) is 6.68.